The number of pyridine rings is 1. The Hall–Kier alpha value is -2.49. The van der Waals surface area contributed by atoms with Gasteiger partial charge in [0.2, 0.25) is 0 Å². The van der Waals surface area contributed by atoms with Crippen molar-refractivity contribution in [3.8, 4) is 0 Å². The lowest BCUT2D eigenvalue weighted by molar-refractivity contribution is -0.385. The van der Waals surface area contributed by atoms with Gasteiger partial charge in [0.25, 0.3) is 5.69 Å². The fourth-order valence-electron chi connectivity index (χ4n) is 1.73. The number of para-hydroxylation sites is 1. The molecule has 4 nitrogen and oxygen atoms in total. The minimum Gasteiger partial charge on any atom is -0.258 e. The molecular formula is C14H12N2O2. The highest BCUT2D eigenvalue weighted by Gasteiger charge is 2.13. The third-order valence-corrected chi connectivity index (χ3v) is 2.58. The summed E-state index contributed by atoms with van der Waals surface area (Å²) in [6.45, 7) is 1.84. The highest BCUT2D eigenvalue weighted by Crippen LogP contribution is 2.26. The van der Waals surface area contributed by atoms with E-state index in [4.69, 9.17) is 0 Å². The van der Waals surface area contributed by atoms with Gasteiger partial charge in [0.05, 0.1) is 16.2 Å². The van der Waals surface area contributed by atoms with E-state index in [0.29, 0.717) is 5.56 Å². The minimum absolute atomic E-state index is 0.113. The van der Waals surface area contributed by atoms with Crippen LogP contribution >= 0.6 is 0 Å². The highest BCUT2D eigenvalue weighted by molar-refractivity contribution is 5.83. The Morgan fingerprint density at radius 1 is 1.22 bits per heavy atom. The predicted octanol–water partition coefficient (Wildman–Crippen LogP) is 3.55. The maximum atomic E-state index is 10.9. The van der Waals surface area contributed by atoms with Gasteiger partial charge in [0.15, 0.2) is 0 Å². The third-order valence-electron chi connectivity index (χ3n) is 2.58. The van der Waals surface area contributed by atoms with Gasteiger partial charge in [-0.05, 0) is 36.8 Å². The Kier molecular flexibility index (Phi) is 3.48. The molecular weight excluding hydrogens is 228 g/mol. The van der Waals surface area contributed by atoms with Gasteiger partial charge < -0.3 is 0 Å². The van der Waals surface area contributed by atoms with Gasteiger partial charge in [-0.3, -0.25) is 15.1 Å². The molecule has 0 radical (unpaired) electrons. The fourth-order valence-corrected chi connectivity index (χ4v) is 1.73. The predicted molar refractivity (Wildman–Crippen MR) is 70.9 cm³/mol. The summed E-state index contributed by atoms with van der Waals surface area (Å²) in [5.41, 5.74) is 2.34. The molecule has 0 fully saturated rings. The standard InChI is InChI=1S/C14H12N2O2/c1-11(10-12-6-4-5-9-15-12)13-7-2-3-8-14(13)16(17)18/h2-10H,1H3. The molecule has 0 saturated carbocycles. The first kappa shape index (κ1) is 12.0. The maximum absolute atomic E-state index is 10.9. The molecule has 0 N–H and O–H groups in total. The Morgan fingerprint density at radius 2 is 1.94 bits per heavy atom. The van der Waals surface area contributed by atoms with Gasteiger partial charge in [0.1, 0.15) is 0 Å². The van der Waals surface area contributed by atoms with Crippen molar-refractivity contribution in [3.05, 3.63) is 70.0 Å². The van der Waals surface area contributed by atoms with Gasteiger partial charge in [-0.25, -0.2) is 0 Å². The molecule has 0 atom stereocenters. The molecule has 4 heteroatoms. The van der Waals surface area contributed by atoms with Crippen molar-refractivity contribution < 1.29 is 4.92 Å². The maximum Gasteiger partial charge on any atom is 0.276 e. The largest absolute Gasteiger partial charge is 0.276 e. The zero-order chi connectivity index (χ0) is 13.0. The first-order chi connectivity index (χ1) is 8.68. The summed E-state index contributed by atoms with van der Waals surface area (Å²) in [6, 6.07) is 12.3. The summed E-state index contributed by atoms with van der Waals surface area (Å²) < 4.78 is 0. The van der Waals surface area contributed by atoms with Crippen molar-refractivity contribution >= 4 is 17.3 Å². The van der Waals surface area contributed by atoms with Gasteiger partial charge >= 0.3 is 0 Å². The molecule has 0 saturated heterocycles. The lowest BCUT2D eigenvalue weighted by Gasteiger charge is -2.02. The van der Waals surface area contributed by atoms with Crippen LogP contribution in [-0.2, 0) is 0 Å². The van der Waals surface area contributed by atoms with Crippen molar-refractivity contribution in [2.75, 3.05) is 0 Å². The van der Waals surface area contributed by atoms with E-state index in [-0.39, 0.29) is 10.6 Å². The smallest absolute Gasteiger partial charge is 0.258 e. The number of aromatic nitrogens is 1. The number of nitro benzene ring substituents is 1. The number of allylic oxidation sites excluding steroid dienone is 1. The number of hydrogen-bond acceptors (Lipinski definition) is 3. The van der Waals surface area contributed by atoms with Crippen LogP contribution < -0.4 is 0 Å². The van der Waals surface area contributed by atoms with Crippen molar-refractivity contribution in [2.45, 2.75) is 6.92 Å². The van der Waals surface area contributed by atoms with Crippen LogP contribution in [0.3, 0.4) is 0 Å². The topological polar surface area (TPSA) is 56.0 Å². The number of nitrogens with zero attached hydrogens (tertiary/aromatic N) is 2. The molecule has 2 rings (SSSR count). The second-order valence-corrected chi connectivity index (χ2v) is 3.86. The summed E-state index contributed by atoms with van der Waals surface area (Å²) in [4.78, 5) is 14.7. The van der Waals surface area contributed by atoms with E-state index in [1.807, 2.05) is 31.2 Å². The van der Waals surface area contributed by atoms with E-state index in [1.165, 1.54) is 6.07 Å². The molecule has 0 aliphatic carbocycles. The average Bonchev–Trinajstić information content (AvgIpc) is 2.40. The molecule has 2 aromatic rings. The van der Waals surface area contributed by atoms with Gasteiger partial charge in [0, 0.05) is 12.3 Å². The molecule has 0 unspecified atom stereocenters. The summed E-state index contributed by atoms with van der Waals surface area (Å²) in [6.07, 6.45) is 3.53. The molecule has 18 heavy (non-hydrogen) atoms. The Bertz CT molecular complexity index is 592. The second kappa shape index (κ2) is 5.23. The molecule has 90 valence electrons. The Labute approximate surface area is 105 Å². The Morgan fingerprint density at radius 3 is 2.61 bits per heavy atom. The van der Waals surface area contributed by atoms with E-state index in [0.717, 1.165) is 11.3 Å². The minimum atomic E-state index is -0.370. The summed E-state index contributed by atoms with van der Waals surface area (Å²) in [5.74, 6) is 0. The zero-order valence-corrected chi connectivity index (χ0v) is 9.91. The van der Waals surface area contributed by atoms with Gasteiger partial charge in [-0.1, -0.05) is 18.2 Å². The number of hydrogen-bond donors (Lipinski definition) is 0. The first-order valence-corrected chi connectivity index (χ1v) is 5.51. The summed E-state index contributed by atoms with van der Waals surface area (Å²) in [5, 5.41) is 10.9. The Balaban J connectivity index is 2.43. The first-order valence-electron chi connectivity index (χ1n) is 5.51. The summed E-state index contributed by atoms with van der Waals surface area (Å²) in [7, 11) is 0. The number of nitro groups is 1. The molecule has 1 aromatic carbocycles. The normalized spacial score (nSPS) is 11.3. The van der Waals surface area contributed by atoms with Gasteiger partial charge in [-0.15, -0.1) is 0 Å². The fraction of sp³-hybridized carbons (Fsp3) is 0.0714. The van der Waals surface area contributed by atoms with Crippen molar-refractivity contribution in [3.63, 3.8) is 0 Å². The molecule has 0 aliphatic heterocycles. The second-order valence-electron chi connectivity index (χ2n) is 3.86. The summed E-state index contributed by atoms with van der Waals surface area (Å²) >= 11 is 0. The number of rotatable bonds is 3. The average molecular weight is 240 g/mol. The third kappa shape index (κ3) is 2.60. The molecule has 0 spiro atoms. The monoisotopic (exact) mass is 240 g/mol. The SMILES string of the molecule is CC(=Cc1ccccn1)c1ccccc1[N+](=O)[O-]. The van der Waals surface area contributed by atoms with Crippen LogP contribution in [0.1, 0.15) is 18.2 Å². The zero-order valence-electron chi connectivity index (χ0n) is 9.91. The quantitative estimate of drug-likeness (QED) is 0.609. The van der Waals surface area contributed by atoms with Crippen LogP contribution in [0.25, 0.3) is 11.6 Å². The van der Waals surface area contributed by atoms with E-state index in [9.17, 15) is 10.1 Å². The lowest BCUT2D eigenvalue weighted by Crippen LogP contribution is -1.93. The van der Waals surface area contributed by atoms with E-state index >= 15 is 0 Å². The van der Waals surface area contributed by atoms with E-state index in [1.54, 1.807) is 24.4 Å². The molecule has 1 aromatic heterocycles. The van der Waals surface area contributed by atoms with Crippen molar-refractivity contribution in [1.82, 2.24) is 4.98 Å². The van der Waals surface area contributed by atoms with Crippen LogP contribution in [0.4, 0.5) is 5.69 Å². The van der Waals surface area contributed by atoms with Crippen LogP contribution in [-0.4, -0.2) is 9.91 Å². The van der Waals surface area contributed by atoms with Crippen molar-refractivity contribution in [2.24, 2.45) is 0 Å². The molecule has 0 amide bonds. The van der Waals surface area contributed by atoms with Gasteiger partial charge in [-0.2, -0.15) is 0 Å². The number of benzene rings is 1. The van der Waals surface area contributed by atoms with Crippen LogP contribution in [0.15, 0.2) is 48.7 Å². The van der Waals surface area contributed by atoms with Crippen LogP contribution in [0.5, 0.6) is 0 Å². The lowest BCUT2D eigenvalue weighted by atomic mass is 10.0. The van der Waals surface area contributed by atoms with Crippen molar-refractivity contribution in [1.29, 1.82) is 0 Å². The van der Waals surface area contributed by atoms with Crippen LogP contribution in [0, 0.1) is 10.1 Å². The van der Waals surface area contributed by atoms with Crippen LogP contribution in [0.2, 0.25) is 0 Å². The molecule has 0 aliphatic rings. The highest BCUT2D eigenvalue weighted by atomic mass is 16.6. The van der Waals surface area contributed by atoms with E-state index in [2.05, 4.69) is 4.98 Å². The van der Waals surface area contributed by atoms with E-state index < -0.39 is 0 Å². The molecule has 0 bridgehead atoms. The molecule has 1 heterocycles.